The van der Waals surface area contributed by atoms with Gasteiger partial charge in [-0.2, -0.15) is 0 Å². The Labute approximate surface area is 290 Å². The Kier molecular flexibility index (Phi) is 15.1. The van der Waals surface area contributed by atoms with Crippen LogP contribution in [0.2, 0.25) is 0 Å². The van der Waals surface area contributed by atoms with Gasteiger partial charge in [0.1, 0.15) is 23.3 Å². The van der Waals surface area contributed by atoms with Gasteiger partial charge in [-0.3, -0.25) is 19.2 Å². The second kappa shape index (κ2) is 19.4. The van der Waals surface area contributed by atoms with Crippen molar-refractivity contribution in [2.45, 2.75) is 103 Å². The highest BCUT2D eigenvalue weighted by Crippen LogP contribution is 2.40. The number of nitrogens with two attached hydrogens (primary N) is 2. The Bertz CT molecular complexity index is 1240. The van der Waals surface area contributed by atoms with Gasteiger partial charge in [0.2, 0.25) is 23.6 Å². The largest absolute Gasteiger partial charge is 0.441 e. The molecule has 2 aromatic rings. The summed E-state index contributed by atoms with van der Waals surface area (Å²) in [6, 6.07) is 19.2. The molecule has 2 saturated carbocycles. The average molecular weight is 677 g/mol. The SMILES string of the molecule is NCCCC(NC(=O)C1(C(=O)NCc2ccccc2)CCCC1)OBOC(CCCN)NC(=O)C1(C(=O)NCc2ccccc2)CCCC1. The fourth-order valence-electron chi connectivity index (χ4n) is 6.74. The van der Waals surface area contributed by atoms with E-state index in [1.807, 2.05) is 60.7 Å². The van der Waals surface area contributed by atoms with Crippen LogP contribution in [0.3, 0.4) is 0 Å². The zero-order chi connectivity index (χ0) is 35.0. The zero-order valence-electron chi connectivity index (χ0n) is 28.6. The Morgan fingerprint density at radius 1 is 0.612 bits per heavy atom. The Morgan fingerprint density at radius 2 is 0.980 bits per heavy atom. The van der Waals surface area contributed by atoms with E-state index in [0.717, 1.165) is 36.8 Å². The summed E-state index contributed by atoms with van der Waals surface area (Å²) in [6.45, 7) is 1.45. The minimum absolute atomic E-state index is 0.245. The number of benzene rings is 2. The molecule has 0 heterocycles. The summed E-state index contributed by atoms with van der Waals surface area (Å²) in [5.74, 6) is -1.35. The molecule has 2 fully saturated rings. The lowest BCUT2D eigenvalue weighted by Crippen LogP contribution is -2.54. The van der Waals surface area contributed by atoms with Crippen molar-refractivity contribution in [3.05, 3.63) is 71.8 Å². The monoisotopic (exact) mass is 676 g/mol. The number of amides is 4. The highest BCUT2D eigenvalue weighted by molar-refractivity contribution is 6.18. The standard InChI is InChI=1S/C36H53BN6O6/c38-23-11-17-29(42-33(46)35(19-7-8-20-35)31(44)40-25-27-13-3-1-4-14-27)48-37-49-30(18-12-24-39)43-34(47)36(21-9-10-22-36)32(45)41-26-28-15-5-2-6-16-28/h1-6,13-16,29-30,37H,7-12,17-26,38-39H2,(H,40,44)(H,41,45)(H,42,46)(H,43,47). The summed E-state index contributed by atoms with van der Waals surface area (Å²) in [5, 5.41) is 11.8. The molecule has 12 nitrogen and oxygen atoms in total. The fraction of sp³-hybridized carbons (Fsp3) is 0.556. The summed E-state index contributed by atoms with van der Waals surface area (Å²) in [5.41, 5.74) is 11.1. The van der Waals surface area contributed by atoms with Crippen molar-refractivity contribution < 1.29 is 28.5 Å². The number of hydrogen-bond acceptors (Lipinski definition) is 8. The maximum absolute atomic E-state index is 13.7. The maximum atomic E-state index is 13.7. The quantitative estimate of drug-likeness (QED) is 0.0701. The molecule has 2 atom stereocenters. The molecule has 0 spiro atoms. The second-order valence-corrected chi connectivity index (χ2v) is 13.2. The summed E-state index contributed by atoms with van der Waals surface area (Å²) >= 11 is 0. The van der Waals surface area contributed by atoms with Crippen LogP contribution in [0.4, 0.5) is 0 Å². The minimum Gasteiger partial charge on any atom is -0.393 e. The molecular weight excluding hydrogens is 623 g/mol. The highest BCUT2D eigenvalue weighted by atomic mass is 16.6. The van der Waals surface area contributed by atoms with Gasteiger partial charge in [0.15, 0.2) is 0 Å². The molecule has 0 saturated heterocycles. The average Bonchev–Trinajstić information content (AvgIpc) is 3.84. The Balaban J connectivity index is 1.35. The van der Waals surface area contributed by atoms with Crippen LogP contribution in [-0.4, -0.2) is 56.9 Å². The molecule has 49 heavy (non-hydrogen) atoms. The van der Waals surface area contributed by atoms with Gasteiger partial charge < -0.3 is 42.0 Å². The molecule has 266 valence electrons. The zero-order valence-corrected chi connectivity index (χ0v) is 28.6. The van der Waals surface area contributed by atoms with E-state index in [1.54, 1.807) is 0 Å². The molecule has 4 rings (SSSR count). The van der Waals surface area contributed by atoms with Gasteiger partial charge >= 0.3 is 7.69 Å². The van der Waals surface area contributed by atoms with E-state index in [2.05, 4.69) is 21.3 Å². The summed E-state index contributed by atoms with van der Waals surface area (Å²) in [4.78, 5) is 54.4. The lowest BCUT2D eigenvalue weighted by Gasteiger charge is -2.31. The lowest BCUT2D eigenvalue weighted by molar-refractivity contribution is -0.146. The van der Waals surface area contributed by atoms with Gasteiger partial charge in [0.05, 0.1) is 0 Å². The van der Waals surface area contributed by atoms with Crippen molar-refractivity contribution in [3.63, 3.8) is 0 Å². The van der Waals surface area contributed by atoms with Gasteiger partial charge in [0.25, 0.3) is 0 Å². The number of rotatable bonds is 20. The van der Waals surface area contributed by atoms with Crippen molar-refractivity contribution >= 4 is 31.3 Å². The summed E-state index contributed by atoms with van der Waals surface area (Å²) < 4.78 is 12.0. The third-order valence-corrected chi connectivity index (χ3v) is 9.71. The maximum Gasteiger partial charge on any atom is 0.441 e. The van der Waals surface area contributed by atoms with E-state index in [0.29, 0.717) is 77.5 Å². The molecule has 8 N–H and O–H groups in total. The molecule has 2 aliphatic rings. The van der Waals surface area contributed by atoms with Crippen LogP contribution in [0.15, 0.2) is 60.7 Å². The Morgan fingerprint density at radius 3 is 1.33 bits per heavy atom. The molecule has 13 heteroatoms. The minimum atomic E-state index is -1.19. The first-order valence-electron chi connectivity index (χ1n) is 17.7. The van der Waals surface area contributed by atoms with Crippen molar-refractivity contribution in [2.75, 3.05) is 13.1 Å². The summed E-state index contributed by atoms with van der Waals surface area (Å²) in [6.07, 6.45) is 5.37. The molecule has 2 aliphatic carbocycles. The smallest absolute Gasteiger partial charge is 0.393 e. The third-order valence-electron chi connectivity index (χ3n) is 9.71. The predicted octanol–water partition coefficient (Wildman–Crippen LogP) is 2.40. The second-order valence-electron chi connectivity index (χ2n) is 13.2. The number of carbonyl (C=O) groups is 4. The topological polar surface area (TPSA) is 187 Å². The Hall–Kier alpha value is -3.78. The molecule has 0 aliphatic heterocycles. The number of hydrogen-bond donors (Lipinski definition) is 6. The van der Waals surface area contributed by atoms with E-state index < -0.39 is 23.3 Å². The van der Waals surface area contributed by atoms with Gasteiger partial charge in [-0.1, -0.05) is 86.3 Å². The number of nitrogens with one attached hydrogen (secondary N) is 4. The van der Waals surface area contributed by atoms with Gasteiger partial charge in [0, 0.05) is 13.1 Å². The van der Waals surface area contributed by atoms with E-state index >= 15 is 0 Å². The van der Waals surface area contributed by atoms with Crippen LogP contribution >= 0.6 is 0 Å². The highest BCUT2D eigenvalue weighted by Gasteiger charge is 2.49. The number of carbonyl (C=O) groups excluding carboxylic acids is 4. The van der Waals surface area contributed by atoms with Crippen molar-refractivity contribution in [3.8, 4) is 0 Å². The fourth-order valence-corrected chi connectivity index (χ4v) is 6.74. The van der Waals surface area contributed by atoms with Crippen molar-refractivity contribution in [1.82, 2.24) is 21.3 Å². The van der Waals surface area contributed by atoms with E-state index in [4.69, 9.17) is 20.8 Å². The first-order chi connectivity index (χ1) is 23.8. The normalized spacial score (nSPS) is 17.4. The molecule has 0 radical (unpaired) electrons. The molecule has 2 unspecified atom stereocenters. The predicted molar refractivity (Wildman–Crippen MR) is 188 cm³/mol. The van der Waals surface area contributed by atoms with E-state index in [1.165, 1.54) is 0 Å². The van der Waals surface area contributed by atoms with Crippen LogP contribution in [0.25, 0.3) is 0 Å². The van der Waals surface area contributed by atoms with E-state index in [-0.39, 0.29) is 31.3 Å². The first kappa shape index (κ1) is 38.0. The summed E-state index contributed by atoms with van der Waals surface area (Å²) in [7, 11) is -0.245. The molecule has 2 aromatic carbocycles. The van der Waals surface area contributed by atoms with Crippen LogP contribution in [-0.2, 0) is 41.6 Å². The van der Waals surface area contributed by atoms with Crippen LogP contribution in [0.5, 0.6) is 0 Å². The van der Waals surface area contributed by atoms with Crippen LogP contribution < -0.4 is 32.7 Å². The lowest BCUT2D eigenvalue weighted by atomic mass is 9.83. The van der Waals surface area contributed by atoms with Gasteiger partial charge in [-0.15, -0.1) is 0 Å². The van der Waals surface area contributed by atoms with Crippen LogP contribution in [0.1, 0.15) is 88.2 Å². The van der Waals surface area contributed by atoms with Gasteiger partial charge in [-0.05, 0) is 75.6 Å². The van der Waals surface area contributed by atoms with Crippen LogP contribution in [0, 0.1) is 10.8 Å². The molecule has 4 amide bonds. The van der Waals surface area contributed by atoms with Gasteiger partial charge in [-0.25, -0.2) is 0 Å². The molecule has 0 aromatic heterocycles. The van der Waals surface area contributed by atoms with Crippen molar-refractivity contribution in [1.29, 1.82) is 0 Å². The van der Waals surface area contributed by atoms with Crippen molar-refractivity contribution in [2.24, 2.45) is 22.3 Å². The molecule has 0 bridgehead atoms. The first-order valence-corrected chi connectivity index (χ1v) is 17.7. The molecular formula is C36H53BN6O6. The van der Waals surface area contributed by atoms with E-state index in [9.17, 15) is 19.2 Å². The third kappa shape index (κ3) is 10.6.